The summed E-state index contributed by atoms with van der Waals surface area (Å²) in [6, 6.07) is -0.192. The summed E-state index contributed by atoms with van der Waals surface area (Å²) in [7, 11) is 3.30. The number of carbonyl (C=O) groups is 2. The van der Waals surface area contributed by atoms with Gasteiger partial charge in [0, 0.05) is 27.2 Å². The van der Waals surface area contributed by atoms with Crippen molar-refractivity contribution >= 4 is 28.4 Å². The van der Waals surface area contributed by atoms with E-state index in [1.165, 1.54) is 4.90 Å². The summed E-state index contributed by atoms with van der Waals surface area (Å²) in [6.07, 6.45) is 0. The van der Waals surface area contributed by atoms with Crippen molar-refractivity contribution in [2.75, 3.05) is 32.9 Å². The first kappa shape index (κ1) is 14.2. The first-order valence-electron chi connectivity index (χ1n) is 5.38. The van der Waals surface area contributed by atoms with Crippen LogP contribution in [0.2, 0.25) is 0 Å². The Labute approximate surface area is 109 Å². The smallest absolute Gasteiger partial charge is 0.316 e. The Morgan fingerprint density at radius 3 is 2.44 bits per heavy atom. The fourth-order valence-electron chi connectivity index (χ4n) is 1.21. The summed E-state index contributed by atoms with van der Waals surface area (Å²) in [6.45, 7) is 2.46. The molecule has 1 rings (SSSR count). The summed E-state index contributed by atoms with van der Waals surface area (Å²) in [5.41, 5.74) is 6.13. The molecule has 4 N–H and O–H groups in total. The quantitative estimate of drug-likeness (QED) is 0.673. The number of aromatic nitrogens is 1. The molecule has 0 atom stereocenters. The van der Waals surface area contributed by atoms with Gasteiger partial charge in [0.05, 0.1) is 5.69 Å². The average Bonchev–Trinajstić information content (AvgIpc) is 2.63. The number of nitrogen functional groups attached to an aromatic ring is 1. The minimum atomic E-state index is -0.221. The molecule has 0 aliphatic carbocycles. The number of amides is 3. The maximum Gasteiger partial charge on any atom is 0.316 e. The Kier molecular flexibility index (Phi) is 4.90. The third kappa shape index (κ3) is 3.88. The molecule has 100 valence electrons. The van der Waals surface area contributed by atoms with Crippen molar-refractivity contribution in [3.63, 3.8) is 0 Å². The van der Waals surface area contributed by atoms with Crippen LogP contribution in [0, 0.1) is 6.92 Å². The van der Waals surface area contributed by atoms with Crippen molar-refractivity contribution in [1.29, 1.82) is 0 Å². The highest BCUT2D eigenvalue weighted by Crippen LogP contribution is 2.18. The van der Waals surface area contributed by atoms with Crippen LogP contribution in [0.5, 0.6) is 0 Å². The summed E-state index contributed by atoms with van der Waals surface area (Å²) < 4.78 is 0. The summed E-state index contributed by atoms with van der Waals surface area (Å²) in [5, 5.41) is 5.71. The number of rotatable bonds is 4. The largest absolute Gasteiger partial charge is 0.375 e. The van der Waals surface area contributed by atoms with Crippen molar-refractivity contribution in [1.82, 2.24) is 20.5 Å². The van der Waals surface area contributed by atoms with Gasteiger partial charge in [0.25, 0.3) is 5.91 Å². The number of anilines is 1. The Balaban J connectivity index is 2.34. The molecule has 18 heavy (non-hydrogen) atoms. The van der Waals surface area contributed by atoms with Gasteiger partial charge >= 0.3 is 6.03 Å². The molecule has 0 saturated carbocycles. The number of thiazole rings is 1. The first-order valence-corrected chi connectivity index (χ1v) is 6.19. The molecule has 1 aromatic rings. The van der Waals surface area contributed by atoms with Gasteiger partial charge in [-0.2, -0.15) is 0 Å². The van der Waals surface area contributed by atoms with Gasteiger partial charge in [0.1, 0.15) is 4.88 Å². The third-order valence-electron chi connectivity index (χ3n) is 2.11. The second-order valence-corrected chi connectivity index (χ2v) is 4.88. The molecule has 0 radical (unpaired) electrons. The Morgan fingerprint density at radius 1 is 1.33 bits per heavy atom. The van der Waals surface area contributed by atoms with Gasteiger partial charge in [-0.05, 0) is 6.92 Å². The lowest BCUT2D eigenvalue weighted by molar-refractivity contribution is 0.0957. The predicted octanol–water partition coefficient (Wildman–Crippen LogP) is 0.0347. The van der Waals surface area contributed by atoms with Crippen molar-refractivity contribution in [2.45, 2.75) is 6.92 Å². The van der Waals surface area contributed by atoms with Crippen molar-refractivity contribution in [3.8, 4) is 0 Å². The first-order chi connectivity index (χ1) is 8.41. The average molecular weight is 271 g/mol. The molecule has 0 unspecified atom stereocenters. The molecular weight excluding hydrogens is 254 g/mol. The van der Waals surface area contributed by atoms with Crippen LogP contribution in [0.15, 0.2) is 0 Å². The minimum Gasteiger partial charge on any atom is -0.375 e. The van der Waals surface area contributed by atoms with Crippen LogP contribution in [-0.4, -0.2) is 49.0 Å². The number of aryl methyl sites for hydroxylation is 1. The Morgan fingerprint density at radius 2 is 1.94 bits per heavy atom. The van der Waals surface area contributed by atoms with Crippen molar-refractivity contribution in [3.05, 3.63) is 10.6 Å². The zero-order chi connectivity index (χ0) is 13.7. The van der Waals surface area contributed by atoms with Gasteiger partial charge in [-0.15, -0.1) is 0 Å². The lowest BCUT2D eigenvalue weighted by Crippen LogP contribution is -2.39. The standard InChI is InChI=1S/C10H17N5O2S/c1-6-7(18-9(11)14-6)8(16)12-4-5-13-10(17)15(2)3/h4-5H2,1-3H3,(H2,11,14)(H,12,16)(H,13,17). The maximum atomic E-state index is 11.7. The van der Waals surface area contributed by atoms with E-state index >= 15 is 0 Å². The molecule has 0 aliphatic heterocycles. The van der Waals surface area contributed by atoms with Gasteiger partial charge in [-0.1, -0.05) is 11.3 Å². The maximum absolute atomic E-state index is 11.7. The van der Waals surface area contributed by atoms with Crippen LogP contribution in [0.25, 0.3) is 0 Å². The second-order valence-electron chi connectivity index (χ2n) is 3.85. The molecule has 1 heterocycles. The fourth-order valence-corrected chi connectivity index (χ4v) is 1.96. The van der Waals surface area contributed by atoms with Gasteiger partial charge < -0.3 is 21.3 Å². The molecule has 3 amide bonds. The summed E-state index contributed by atoms with van der Waals surface area (Å²) in [5.74, 6) is -0.221. The fraction of sp³-hybridized carbons (Fsp3) is 0.500. The molecule has 7 nitrogen and oxygen atoms in total. The number of nitrogens with zero attached hydrogens (tertiary/aromatic N) is 2. The van der Waals surface area contributed by atoms with Gasteiger partial charge in [-0.25, -0.2) is 9.78 Å². The van der Waals surface area contributed by atoms with E-state index in [1.54, 1.807) is 21.0 Å². The van der Waals surface area contributed by atoms with Crippen LogP contribution in [0.1, 0.15) is 15.4 Å². The van der Waals surface area contributed by atoms with Crippen LogP contribution >= 0.6 is 11.3 Å². The SMILES string of the molecule is Cc1nc(N)sc1C(=O)NCCNC(=O)N(C)C. The molecule has 0 fully saturated rings. The van der Waals surface area contributed by atoms with Gasteiger partial charge in [0.15, 0.2) is 5.13 Å². The number of hydrogen-bond acceptors (Lipinski definition) is 5. The molecular formula is C10H17N5O2S. The lowest BCUT2D eigenvalue weighted by atomic mass is 10.4. The van der Waals surface area contributed by atoms with E-state index in [1.807, 2.05) is 0 Å². The third-order valence-corrected chi connectivity index (χ3v) is 3.10. The van der Waals surface area contributed by atoms with E-state index in [9.17, 15) is 9.59 Å². The Hall–Kier alpha value is -1.83. The van der Waals surface area contributed by atoms with Crippen LogP contribution < -0.4 is 16.4 Å². The van der Waals surface area contributed by atoms with Crippen LogP contribution in [0.4, 0.5) is 9.93 Å². The number of hydrogen-bond donors (Lipinski definition) is 3. The Bertz CT molecular complexity index is 443. The van der Waals surface area contributed by atoms with E-state index in [4.69, 9.17) is 5.73 Å². The van der Waals surface area contributed by atoms with Crippen molar-refractivity contribution in [2.24, 2.45) is 0 Å². The van der Waals surface area contributed by atoms with E-state index < -0.39 is 0 Å². The van der Waals surface area contributed by atoms with Crippen molar-refractivity contribution < 1.29 is 9.59 Å². The monoisotopic (exact) mass is 271 g/mol. The van der Waals surface area contributed by atoms with E-state index in [0.29, 0.717) is 28.8 Å². The van der Waals surface area contributed by atoms with E-state index in [0.717, 1.165) is 11.3 Å². The number of urea groups is 1. The highest BCUT2D eigenvalue weighted by Gasteiger charge is 2.13. The molecule has 0 aliphatic rings. The molecule has 1 aromatic heterocycles. The highest BCUT2D eigenvalue weighted by atomic mass is 32.1. The van der Waals surface area contributed by atoms with Gasteiger partial charge in [0.2, 0.25) is 0 Å². The van der Waals surface area contributed by atoms with Crippen LogP contribution in [0.3, 0.4) is 0 Å². The minimum absolute atomic E-state index is 0.192. The molecule has 0 bridgehead atoms. The predicted molar refractivity (Wildman–Crippen MR) is 70.7 cm³/mol. The van der Waals surface area contributed by atoms with E-state index in [-0.39, 0.29) is 11.9 Å². The summed E-state index contributed by atoms with van der Waals surface area (Å²) in [4.78, 5) is 28.8. The molecule has 0 spiro atoms. The number of nitrogens with one attached hydrogen (secondary N) is 2. The normalized spacial score (nSPS) is 9.94. The molecule has 0 saturated heterocycles. The zero-order valence-electron chi connectivity index (χ0n) is 10.6. The van der Waals surface area contributed by atoms with Crippen LogP contribution in [-0.2, 0) is 0 Å². The van der Waals surface area contributed by atoms with Gasteiger partial charge in [-0.3, -0.25) is 4.79 Å². The second kappa shape index (κ2) is 6.20. The zero-order valence-corrected chi connectivity index (χ0v) is 11.4. The topological polar surface area (TPSA) is 100 Å². The number of nitrogens with two attached hydrogens (primary N) is 1. The number of carbonyl (C=O) groups excluding carboxylic acids is 2. The summed E-state index contributed by atoms with van der Waals surface area (Å²) >= 11 is 1.15. The molecule has 8 heteroatoms. The lowest BCUT2D eigenvalue weighted by Gasteiger charge is -2.11. The molecule has 0 aromatic carbocycles. The highest BCUT2D eigenvalue weighted by molar-refractivity contribution is 7.17. The van der Waals surface area contributed by atoms with E-state index in [2.05, 4.69) is 15.6 Å².